The van der Waals surface area contributed by atoms with Gasteiger partial charge in [0.15, 0.2) is 0 Å². The third-order valence-electron chi connectivity index (χ3n) is 7.72. The van der Waals surface area contributed by atoms with Crippen molar-refractivity contribution >= 4 is 17.0 Å². The van der Waals surface area contributed by atoms with E-state index in [1.165, 1.54) is 42.0 Å². The first-order valence-corrected chi connectivity index (χ1v) is 13.1. The lowest BCUT2D eigenvalue weighted by molar-refractivity contribution is -0.274. The Kier molecular flexibility index (Phi) is 6.50. The van der Waals surface area contributed by atoms with Gasteiger partial charge in [-0.3, -0.25) is 14.8 Å². The van der Waals surface area contributed by atoms with Crippen molar-refractivity contribution in [1.29, 1.82) is 0 Å². The maximum atomic E-state index is 13.9. The third-order valence-corrected chi connectivity index (χ3v) is 7.72. The van der Waals surface area contributed by atoms with Crippen molar-refractivity contribution < 1.29 is 17.9 Å². The van der Waals surface area contributed by atoms with Crippen molar-refractivity contribution in [2.24, 2.45) is 11.8 Å². The summed E-state index contributed by atoms with van der Waals surface area (Å²) >= 11 is 0. The Morgan fingerprint density at radius 1 is 1.03 bits per heavy atom. The predicted octanol–water partition coefficient (Wildman–Crippen LogP) is 5.77. The third kappa shape index (κ3) is 5.34. The van der Waals surface area contributed by atoms with E-state index < -0.39 is 6.36 Å². The molecule has 2 fully saturated rings. The lowest BCUT2D eigenvalue weighted by Gasteiger charge is -2.19. The number of hydrazine groups is 1. The van der Waals surface area contributed by atoms with E-state index in [1.54, 1.807) is 18.3 Å². The van der Waals surface area contributed by atoms with Crippen LogP contribution in [0.5, 0.6) is 5.75 Å². The molecule has 1 saturated carbocycles. The number of nitrogens with zero attached hydrogens (tertiary/aromatic N) is 4. The lowest BCUT2D eigenvalue weighted by atomic mass is 10.0. The first kappa shape index (κ1) is 25.4. The molecule has 2 atom stereocenters. The van der Waals surface area contributed by atoms with Crippen molar-refractivity contribution in [2.45, 2.75) is 39.1 Å². The summed E-state index contributed by atoms with van der Waals surface area (Å²) in [6.45, 7) is 3.79. The largest absolute Gasteiger partial charge is 0.573 e. The first-order chi connectivity index (χ1) is 18.7. The molecule has 2 aromatic heterocycles. The summed E-state index contributed by atoms with van der Waals surface area (Å²) in [5, 5.41) is 2.79. The normalized spacial score (nSPS) is 19.4. The van der Waals surface area contributed by atoms with Crippen molar-refractivity contribution in [2.75, 3.05) is 18.5 Å². The fourth-order valence-corrected chi connectivity index (χ4v) is 5.92. The number of anilines is 1. The van der Waals surface area contributed by atoms with Gasteiger partial charge in [0, 0.05) is 30.2 Å². The Bertz CT molecular complexity index is 1570. The number of nitrogens with one attached hydrogen (secondary N) is 1. The minimum atomic E-state index is -4.81. The number of aromatic nitrogens is 3. The minimum absolute atomic E-state index is 0.00836. The Labute approximate surface area is 223 Å². The molecule has 1 aliphatic carbocycles. The number of ether oxygens (including phenoxy) is 1. The molecule has 7 nitrogen and oxygen atoms in total. The summed E-state index contributed by atoms with van der Waals surface area (Å²) in [7, 11) is 0. The highest BCUT2D eigenvalue weighted by molar-refractivity contribution is 5.82. The maximum Gasteiger partial charge on any atom is 0.573 e. The van der Waals surface area contributed by atoms with Crippen LogP contribution in [0.25, 0.3) is 22.2 Å². The molecule has 1 aliphatic heterocycles. The SMILES string of the molecule is Cc1ccccc1-c1cc2cnc(NN3CC4CCCC4C3)nc2n(Cc2cccc(OC(F)(F)F)c2)c1=O. The van der Waals surface area contributed by atoms with Gasteiger partial charge in [-0.25, -0.2) is 9.99 Å². The molecule has 2 aromatic carbocycles. The van der Waals surface area contributed by atoms with Gasteiger partial charge in [0.25, 0.3) is 5.56 Å². The van der Waals surface area contributed by atoms with E-state index >= 15 is 0 Å². The van der Waals surface area contributed by atoms with E-state index in [4.69, 9.17) is 4.98 Å². The summed E-state index contributed by atoms with van der Waals surface area (Å²) in [6, 6.07) is 15.0. The number of hydrogen-bond donors (Lipinski definition) is 1. The maximum absolute atomic E-state index is 13.9. The second-order valence-corrected chi connectivity index (χ2v) is 10.4. The fraction of sp³-hybridized carbons (Fsp3) is 0.345. The molecule has 2 aliphatic rings. The molecule has 0 amide bonds. The number of fused-ring (bicyclic) bond motifs is 2. The highest BCUT2D eigenvalue weighted by atomic mass is 19.4. The highest BCUT2D eigenvalue weighted by Gasteiger charge is 2.36. The van der Waals surface area contributed by atoms with Gasteiger partial charge in [-0.05, 0) is 66.5 Å². The molecule has 39 heavy (non-hydrogen) atoms. The highest BCUT2D eigenvalue weighted by Crippen LogP contribution is 2.37. The number of benzene rings is 2. The zero-order valence-corrected chi connectivity index (χ0v) is 21.4. The zero-order chi connectivity index (χ0) is 27.1. The predicted molar refractivity (Wildman–Crippen MR) is 142 cm³/mol. The van der Waals surface area contributed by atoms with E-state index in [-0.39, 0.29) is 17.9 Å². The van der Waals surface area contributed by atoms with Crippen LogP contribution in [-0.2, 0) is 6.54 Å². The number of aryl methyl sites for hydroxylation is 1. The smallest absolute Gasteiger partial charge is 0.406 e. The van der Waals surface area contributed by atoms with Crippen molar-refractivity contribution in [1.82, 2.24) is 19.5 Å². The second-order valence-electron chi connectivity index (χ2n) is 10.4. The molecule has 0 radical (unpaired) electrons. The second kappa shape index (κ2) is 10.00. The van der Waals surface area contributed by atoms with Gasteiger partial charge >= 0.3 is 6.36 Å². The Hall–Kier alpha value is -3.92. The average Bonchev–Trinajstić information content (AvgIpc) is 3.47. The summed E-state index contributed by atoms with van der Waals surface area (Å²) in [5.41, 5.74) is 6.07. The number of rotatable bonds is 6. The Balaban J connectivity index is 1.41. The van der Waals surface area contributed by atoms with Crippen molar-refractivity contribution in [3.8, 4) is 16.9 Å². The molecule has 4 aromatic rings. The quantitative estimate of drug-likeness (QED) is 0.338. The fourth-order valence-electron chi connectivity index (χ4n) is 5.92. The van der Waals surface area contributed by atoms with E-state index in [9.17, 15) is 18.0 Å². The van der Waals surface area contributed by atoms with Crippen LogP contribution in [0.1, 0.15) is 30.4 Å². The van der Waals surface area contributed by atoms with E-state index in [2.05, 4.69) is 20.2 Å². The van der Waals surface area contributed by atoms with Gasteiger partial charge in [-0.2, -0.15) is 4.98 Å². The van der Waals surface area contributed by atoms with Crippen molar-refractivity contribution in [3.05, 3.63) is 82.3 Å². The van der Waals surface area contributed by atoms with Crippen LogP contribution < -0.4 is 15.7 Å². The summed E-state index contributed by atoms with van der Waals surface area (Å²) in [4.78, 5) is 23.1. The van der Waals surface area contributed by atoms with Gasteiger partial charge in [0.1, 0.15) is 11.4 Å². The summed E-state index contributed by atoms with van der Waals surface area (Å²) in [6.07, 6.45) is 0.622. The molecule has 1 N–H and O–H groups in total. The number of alkyl halides is 3. The number of halogens is 3. The van der Waals surface area contributed by atoms with Gasteiger partial charge in [-0.1, -0.05) is 42.8 Å². The van der Waals surface area contributed by atoms with Crippen LogP contribution in [-0.4, -0.2) is 39.0 Å². The van der Waals surface area contributed by atoms with Crippen LogP contribution in [0.3, 0.4) is 0 Å². The van der Waals surface area contributed by atoms with Crippen LogP contribution in [0.4, 0.5) is 19.1 Å². The van der Waals surface area contributed by atoms with Crippen LogP contribution in [0.2, 0.25) is 0 Å². The van der Waals surface area contributed by atoms with Crippen LogP contribution in [0, 0.1) is 18.8 Å². The minimum Gasteiger partial charge on any atom is -0.406 e. The van der Waals surface area contributed by atoms with Crippen LogP contribution >= 0.6 is 0 Å². The molecule has 3 heterocycles. The first-order valence-electron chi connectivity index (χ1n) is 13.1. The van der Waals surface area contributed by atoms with E-state index in [0.29, 0.717) is 39.9 Å². The molecule has 0 bridgehead atoms. The van der Waals surface area contributed by atoms with Crippen molar-refractivity contribution in [3.63, 3.8) is 0 Å². The van der Waals surface area contributed by atoms with Gasteiger partial charge in [-0.15, -0.1) is 13.2 Å². The monoisotopic (exact) mass is 535 g/mol. The summed E-state index contributed by atoms with van der Waals surface area (Å²) in [5.74, 6) is 1.40. The van der Waals surface area contributed by atoms with Gasteiger partial charge in [0.05, 0.1) is 6.54 Å². The average molecular weight is 536 g/mol. The Morgan fingerprint density at radius 3 is 2.54 bits per heavy atom. The molecule has 6 rings (SSSR count). The topological polar surface area (TPSA) is 72.3 Å². The zero-order valence-electron chi connectivity index (χ0n) is 21.4. The summed E-state index contributed by atoms with van der Waals surface area (Å²) < 4.78 is 44.1. The molecule has 202 valence electrons. The number of pyridine rings is 1. The van der Waals surface area contributed by atoms with Gasteiger partial charge in [0.2, 0.25) is 5.95 Å². The molecule has 0 spiro atoms. The van der Waals surface area contributed by atoms with Crippen LogP contribution in [0.15, 0.2) is 65.6 Å². The standard InChI is InChI=1S/C29H28F3N5O2/c1-18-6-2-3-11-24(18)25-13-22-14-33-28(35-36-16-20-8-5-9-21(20)17-36)34-26(22)37(27(25)38)15-19-7-4-10-23(12-19)39-29(30,31)32/h2-4,6-7,10-14,20-21H,5,8-9,15-17H2,1H3,(H,33,34,35). The molecule has 10 heteroatoms. The Morgan fingerprint density at radius 2 is 1.79 bits per heavy atom. The van der Waals surface area contributed by atoms with Gasteiger partial charge < -0.3 is 4.74 Å². The number of hydrogen-bond acceptors (Lipinski definition) is 6. The van der Waals surface area contributed by atoms with E-state index in [0.717, 1.165) is 24.2 Å². The molecule has 1 saturated heterocycles. The molecule has 2 unspecified atom stereocenters. The lowest BCUT2D eigenvalue weighted by Crippen LogP contribution is -2.30. The van der Waals surface area contributed by atoms with E-state index in [1.807, 2.05) is 31.2 Å². The molecular formula is C29H28F3N5O2. The molecular weight excluding hydrogens is 507 g/mol.